The Morgan fingerprint density at radius 3 is 2.56 bits per heavy atom. The zero-order valence-electron chi connectivity index (χ0n) is 8.51. The Labute approximate surface area is 91.3 Å². The van der Waals surface area contributed by atoms with Gasteiger partial charge in [-0.05, 0) is 6.08 Å². The number of hydrogen-bond acceptors (Lipinski definition) is 3. The molecule has 0 radical (unpaired) electrons. The van der Waals surface area contributed by atoms with Gasteiger partial charge in [-0.3, -0.25) is 4.79 Å². The van der Waals surface area contributed by atoms with Crippen molar-refractivity contribution in [2.24, 2.45) is 5.92 Å². The van der Waals surface area contributed by atoms with Gasteiger partial charge in [0.25, 0.3) is 0 Å². The molecule has 1 rings (SSSR count). The number of amides is 1. The van der Waals surface area contributed by atoms with E-state index >= 15 is 0 Å². The molecule has 0 aliphatic heterocycles. The minimum absolute atomic E-state index is 0.0562. The molecule has 0 fully saturated rings. The molecular weight excluding hydrogens is 214 g/mol. The Kier molecular flexibility index (Phi) is 3.12. The maximum Gasteiger partial charge on any atom is 0.334 e. The standard InChI is InChI=1S/C10H11NO5/c1-6-7(8(13)14)3-2-4-10(6,9(15)16)11-5-12/h2-6H,1H3,(H,11,12)(H,13,14)(H,15,16). The summed E-state index contributed by atoms with van der Waals surface area (Å²) in [5.74, 6) is -3.34. The largest absolute Gasteiger partial charge is 0.479 e. The highest BCUT2D eigenvalue weighted by molar-refractivity contribution is 5.93. The average molecular weight is 225 g/mol. The maximum absolute atomic E-state index is 11.2. The summed E-state index contributed by atoms with van der Waals surface area (Å²) in [4.78, 5) is 32.4. The predicted octanol–water partition coefficient (Wildman–Crippen LogP) is -0.227. The molecule has 6 heteroatoms. The summed E-state index contributed by atoms with van der Waals surface area (Å²) in [6.45, 7) is 1.44. The topological polar surface area (TPSA) is 104 Å². The van der Waals surface area contributed by atoms with Gasteiger partial charge in [0.1, 0.15) is 0 Å². The first-order valence-electron chi connectivity index (χ1n) is 4.53. The van der Waals surface area contributed by atoms with Gasteiger partial charge in [0.2, 0.25) is 6.41 Å². The van der Waals surface area contributed by atoms with Crippen LogP contribution >= 0.6 is 0 Å². The second-order valence-electron chi connectivity index (χ2n) is 3.44. The maximum atomic E-state index is 11.2. The summed E-state index contributed by atoms with van der Waals surface area (Å²) >= 11 is 0. The van der Waals surface area contributed by atoms with E-state index in [2.05, 4.69) is 5.32 Å². The van der Waals surface area contributed by atoms with Crippen molar-refractivity contribution in [2.75, 3.05) is 0 Å². The molecule has 86 valence electrons. The molecule has 0 aromatic carbocycles. The molecule has 0 saturated heterocycles. The van der Waals surface area contributed by atoms with Crippen LogP contribution in [-0.2, 0) is 14.4 Å². The van der Waals surface area contributed by atoms with E-state index in [-0.39, 0.29) is 12.0 Å². The van der Waals surface area contributed by atoms with Crippen LogP contribution in [0.2, 0.25) is 0 Å². The molecule has 6 nitrogen and oxygen atoms in total. The van der Waals surface area contributed by atoms with E-state index in [1.54, 1.807) is 0 Å². The van der Waals surface area contributed by atoms with Crippen LogP contribution < -0.4 is 5.32 Å². The fourth-order valence-electron chi connectivity index (χ4n) is 1.68. The van der Waals surface area contributed by atoms with Crippen molar-refractivity contribution in [1.82, 2.24) is 5.32 Å². The molecule has 0 aromatic rings. The van der Waals surface area contributed by atoms with Crippen molar-refractivity contribution in [3.63, 3.8) is 0 Å². The lowest BCUT2D eigenvalue weighted by Gasteiger charge is -2.34. The number of carboxylic acids is 2. The monoisotopic (exact) mass is 225 g/mol. The first kappa shape index (κ1) is 12.0. The van der Waals surface area contributed by atoms with Gasteiger partial charge in [-0.2, -0.15) is 0 Å². The first-order valence-corrected chi connectivity index (χ1v) is 4.53. The summed E-state index contributed by atoms with van der Waals surface area (Å²) in [6.07, 6.45) is 4.15. The highest BCUT2D eigenvalue weighted by Crippen LogP contribution is 2.30. The number of aliphatic carboxylic acids is 2. The molecular formula is C10H11NO5. The Morgan fingerprint density at radius 1 is 1.50 bits per heavy atom. The smallest absolute Gasteiger partial charge is 0.334 e. The van der Waals surface area contributed by atoms with Crippen LogP contribution in [0, 0.1) is 5.92 Å². The molecule has 0 saturated carbocycles. The summed E-state index contributed by atoms with van der Waals surface area (Å²) < 4.78 is 0. The van der Waals surface area contributed by atoms with Gasteiger partial charge >= 0.3 is 11.9 Å². The fourth-order valence-corrected chi connectivity index (χ4v) is 1.68. The zero-order chi connectivity index (χ0) is 12.3. The van der Waals surface area contributed by atoms with E-state index in [4.69, 9.17) is 10.2 Å². The minimum Gasteiger partial charge on any atom is -0.479 e. The zero-order valence-corrected chi connectivity index (χ0v) is 8.51. The van der Waals surface area contributed by atoms with Crippen molar-refractivity contribution in [1.29, 1.82) is 0 Å². The van der Waals surface area contributed by atoms with E-state index in [0.717, 1.165) is 0 Å². The average Bonchev–Trinajstić information content (AvgIpc) is 2.20. The number of nitrogens with one attached hydrogen (secondary N) is 1. The van der Waals surface area contributed by atoms with E-state index in [1.807, 2.05) is 0 Å². The van der Waals surface area contributed by atoms with Crippen molar-refractivity contribution in [3.05, 3.63) is 23.8 Å². The number of allylic oxidation sites excluding steroid dienone is 2. The molecule has 1 amide bonds. The number of carbonyl (C=O) groups is 3. The molecule has 3 N–H and O–H groups in total. The number of rotatable bonds is 4. The second kappa shape index (κ2) is 4.18. The van der Waals surface area contributed by atoms with E-state index < -0.39 is 23.4 Å². The predicted molar refractivity (Wildman–Crippen MR) is 53.6 cm³/mol. The van der Waals surface area contributed by atoms with E-state index in [0.29, 0.717) is 0 Å². The summed E-state index contributed by atoms with van der Waals surface area (Å²) in [5.41, 5.74) is -1.75. The lowest BCUT2D eigenvalue weighted by molar-refractivity contribution is -0.146. The Balaban J connectivity index is 3.20. The van der Waals surface area contributed by atoms with E-state index in [1.165, 1.54) is 25.2 Å². The Bertz CT molecular complexity index is 398. The van der Waals surface area contributed by atoms with Crippen LogP contribution in [0.1, 0.15) is 6.92 Å². The van der Waals surface area contributed by atoms with Gasteiger partial charge in [0, 0.05) is 11.5 Å². The summed E-state index contributed by atoms with van der Waals surface area (Å²) in [5, 5.41) is 20.1. The van der Waals surface area contributed by atoms with Crippen molar-refractivity contribution >= 4 is 18.3 Å². The molecule has 0 heterocycles. The van der Waals surface area contributed by atoms with E-state index in [9.17, 15) is 14.4 Å². The van der Waals surface area contributed by atoms with Crippen molar-refractivity contribution in [3.8, 4) is 0 Å². The van der Waals surface area contributed by atoms with Crippen LogP contribution in [0.3, 0.4) is 0 Å². The van der Waals surface area contributed by atoms with Gasteiger partial charge in [-0.15, -0.1) is 0 Å². The Hall–Kier alpha value is -2.11. The lowest BCUT2D eigenvalue weighted by Crippen LogP contribution is -2.56. The normalized spacial score (nSPS) is 28.1. The molecule has 0 spiro atoms. The van der Waals surface area contributed by atoms with Crippen LogP contribution in [0.25, 0.3) is 0 Å². The number of hydrogen-bond donors (Lipinski definition) is 3. The minimum atomic E-state index is -1.69. The molecule has 0 bridgehead atoms. The van der Waals surface area contributed by atoms with Gasteiger partial charge in [-0.25, -0.2) is 9.59 Å². The summed E-state index contributed by atoms with van der Waals surface area (Å²) in [7, 11) is 0. The quantitative estimate of drug-likeness (QED) is 0.573. The van der Waals surface area contributed by atoms with Gasteiger partial charge in [0.15, 0.2) is 5.54 Å². The SMILES string of the molecule is CC1C(C(=O)O)=CC=CC1(NC=O)C(=O)O. The van der Waals surface area contributed by atoms with Gasteiger partial charge in [0.05, 0.1) is 0 Å². The summed E-state index contributed by atoms with van der Waals surface area (Å²) in [6, 6.07) is 0. The molecule has 0 aromatic heterocycles. The molecule has 2 atom stereocenters. The van der Waals surface area contributed by atoms with Gasteiger partial charge < -0.3 is 15.5 Å². The van der Waals surface area contributed by atoms with Crippen LogP contribution in [0.4, 0.5) is 0 Å². The molecule has 16 heavy (non-hydrogen) atoms. The third kappa shape index (κ3) is 1.69. The highest BCUT2D eigenvalue weighted by Gasteiger charge is 2.45. The van der Waals surface area contributed by atoms with Crippen LogP contribution in [0.5, 0.6) is 0 Å². The molecule has 1 aliphatic rings. The molecule has 2 unspecified atom stereocenters. The number of carbonyl (C=O) groups excluding carboxylic acids is 1. The first-order chi connectivity index (χ1) is 7.45. The Morgan fingerprint density at radius 2 is 2.12 bits per heavy atom. The third-order valence-electron chi connectivity index (χ3n) is 2.68. The lowest BCUT2D eigenvalue weighted by atomic mass is 9.77. The van der Waals surface area contributed by atoms with Crippen molar-refractivity contribution < 1.29 is 24.6 Å². The van der Waals surface area contributed by atoms with Gasteiger partial charge in [-0.1, -0.05) is 19.1 Å². The fraction of sp³-hybridized carbons (Fsp3) is 0.300. The third-order valence-corrected chi connectivity index (χ3v) is 2.68. The van der Waals surface area contributed by atoms with Crippen LogP contribution in [0.15, 0.2) is 23.8 Å². The molecule has 1 aliphatic carbocycles. The van der Waals surface area contributed by atoms with Crippen LogP contribution in [-0.4, -0.2) is 34.1 Å². The van der Waals surface area contributed by atoms with Crippen molar-refractivity contribution in [2.45, 2.75) is 12.5 Å². The number of carboxylic acid groups (broad SMARTS) is 2. The highest BCUT2D eigenvalue weighted by atomic mass is 16.4. The second-order valence-corrected chi connectivity index (χ2v) is 3.44.